The van der Waals surface area contributed by atoms with Gasteiger partial charge in [0.1, 0.15) is 5.69 Å². The number of aromatic nitrogens is 1. The van der Waals surface area contributed by atoms with Crippen molar-refractivity contribution in [2.45, 2.75) is 12.8 Å². The molecule has 1 aromatic heterocycles. The maximum Gasteiger partial charge on any atom is 0.296 e. The highest BCUT2D eigenvalue weighted by molar-refractivity contribution is 6.07. The van der Waals surface area contributed by atoms with Gasteiger partial charge in [0, 0.05) is 10.9 Å². The van der Waals surface area contributed by atoms with Crippen molar-refractivity contribution in [2.75, 3.05) is 0 Å². The van der Waals surface area contributed by atoms with Gasteiger partial charge in [-0.3, -0.25) is 4.79 Å². The van der Waals surface area contributed by atoms with Crippen LogP contribution in [-0.2, 0) is 6.42 Å². The number of nitrogens with one attached hydrogen (secondary N) is 1. The lowest BCUT2D eigenvalue weighted by molar-refractivity contribution is 0.0998. The number of guanidine groups is 1. The summed E-state index contributed by atoms with van der Waals surface area (Å²) in [6.07, 6.45) is 5.89. The molecule has 3 rings (SSSR count). The summed E-state index contributed by atoms with van der Waals surface area (Å²) in [5.74, 6) is -0.637. The van der Waals surface area contributed by atoms with Crippen LogP contribution in [0.25, 0.3) is 17.0 Å². The number of allylic oxidation sites excluding steroid dienone is 1. The first-order chi connectivity index (χ1) is 9.16. The van der Waals surface area contributed by atoms with Crippen molar-refractivity contribution in [2.24, 2.45) is 16.5 Å². The number of hydrogen-bond donors (Lipinski definition) is 3. The quantitative estimate of drug-likeness (QED) is 0.532. The second-order valence-electron chi connectivity index (χ2n) is 4.53. The molecule has 0 atom stereocenters. The summed E-state index contributed by atoms with van der Waals surface area (Å²) in [6.45, 7) is 0. The zero-order valence-electron chi connectivity index (χ0n) is 10.3. The molecule has 5 nitrogen and oxygen atoms in total. The molecule has 0 spiro atoms. The normalized spacial score (nSPS) is 13.3. The third-order valence-corrected chi connectivity index (χ3v) is 3.26. The number of benzene rings is 1. The van der Waals surface area contributed by atoms with E-state index in [-0.39, 0.29) is 5.96 Å². The van der Waals surface area contributed by atoms with Crippen molar-refractivity contribution in [3.63, 3.8) is 0 Å². The smallest absolute Gasteiger partial charge is 0.296 e. The highest BCUT2D eigenvalue weighted by atomic mass is 16.1. The molecule has 96 valence electrons. The lowest BCUT2D eigenvalue weighted by Crippen LogP contribution is -2.24. The predicted molar refractivity (Wildman–Crippen MR) is 75.8 cm³/mol. The molecule has 0 aliphatic heterocycles. The lowest BCUT2D eigenvalue weighted by Gasteiger charge is -2.00. The van der Waals surface area contributed by atoms with Crippen LogP contribution in [-0.4, -0.2) is 16.9 Å². The van der Waals surface area contributed by atoms with E-state index >= 15 is 0 Å². The van der Waals surface area contributed by atoms with E-state index in [2.05, 4.69) is 22.1 Å². The second-order valence-corrected chi connectivity index (χ2v) is 4.53. The molecule has 19 heavy (non-hydrogen) atoms. The first-order valence-electron chi connectivity index (χ1n) is 6.11. The summed E-state index contributed by atoms with van der Waals surface area (Å²) in [6, 6.07) is 5.95. The number of nitrogens with two attached hydrogens (primary N) is 2. The van der Waals surface area contributed by atoms with Gasteiger partial charge in [-0.1, -0.05) is 24.3 Å². The SMILES string of the molecule is NC(N)=NC(=O)c1[nH]c2cccc3c2c1CCC=C3. The molecule has 1 aliphatic carbocycles. The van der Waals surface area contributed by atoms with E-state index in [4.69, 9.17) is 11.5 Å². The van der Waals surface area contributed by atoms with Gasteiger partial charge in [0.15, 0.2) is 5.96 Å². The van der Waals surface area contributed by atoms with E-state index < -0.39 is 5.91 Å². The highest BCUT2D eigenvalue weighted by Crippen LogP contribution is 2.30. The van der Waals surface area contributed by atoms with Gasteiger partial charge in [0.2, 0.25) is 0 Å². The topological polar surface area (TPSA) is 97.3 Å². The number of amides is 1. The van der Waals surface area contributed by atoms with Crippen LogP contribution >= 0.6 is 0 Å². The van der Waals surface area contributed by atoms with Crippen LogP contribution in [0, 0.1) is 0 Å². The Morgan fingerprint density at radius 1 is 1.32 bits per heavy atom. The number of aromatic amines is 1. The van der Waals surface area contributed by atoms with Crippen molar-refractivity contribution in [3.05, 3.63) is 41.1 Å². The molecule has 1 amide bonds. The molecular formula is C14H14N4O. The van der Waals surface area contributed by atoms with Gasteiger partial charge in [0.25, 0.3) is 5.91 Å². The summed E-state index contributed by atoms with van der Waals surface area (Å²) < 4.78 is 0. The van der Waals surface area contributed by atoms with Gasteiger partial charge in [-0.25, -0.2) is 0 Å². The fourth-order valence-corrected chi connectivity index (χ4v) is 2.53. The molecule has 1 aromatic carbocycles. The summed E-state index contributed by atoms with van der Waals surface area (Å²) >= 11 is 0. The standard InChI is InChI=1S/C14H14N4O/c15-14(16)18-13(19)12-9-6-2-1-4-8-5-3-7-10(17-12)11(8)9/h1,3-5,7,17H,2,6H2,(H4,15,16,18,19). The molecule has 0 saturated heterocycles. The Balaban J connectivity index is 2.26. The Hall–Kier alpha value is -2.56. The van der Waals surface area contributed by atoms with E-state index in [1.807, 2.05) is 18.2 Å². The number of rotatable bonds is 1. The Morgan fingerprint density at radius 2 is 2.16 bits per heavy atom. The monoisotopic (exact) mass is 254 g/mol. The predicted octanol–water partition coefficient (Wildman–Crippen LogP) is 1.54. The van der Waals surface area contributed by atoms with E-state index in [0.29, 0.717) is 5.69 Å². The van der Waals surface area contributed by atoms with Crippen LogP contribution in [0.3, 0.4) is 0 Å². The van der Waals surface area contributed by atoms with Crippen LogP contribution in [0.5, 0.6) is 0 Å². The first kappa shape index (κ1) is 11.5. The van der Waals surface area contributed by atoms with Crippen molar-refractivity contribution in [1.29, 1.82) is 0 Å². The molecule has 5 heteroatoms. The number of nitrogens with zero attached hydrogens (tertiary/aromatic N) is 1. The number of carbonyl (C=O) groups excluding carboxylic acids is 1. The third kappa shape index (κ3) is 1.89. The Kier molecular flexibility index (Phi) is 2.59. The number of carbonyl (C=O) groups is 1. The molecule has 2 aromatic rings. The van der Waals surface area contributed by atoms with E-state index in [0.717, 1.165) is 34.9 Å². The van der Waals surface area contributed by atoms with E-state index in [1.54, 1.807) is 0 Å². The molecule has 0 radical (unpaired) electrons. The first-order valence-corrected chi connectivity index (χ1v) is 6.11. The van der Waals surface area contributed by atoms with E-state index in [1.165, 1.54) is 0 Å². The van der Waals surface area contributed by atoms with Gasteiger partial charge in [0.05, 0.1) is 0 Å². The third-order valence-electron chi connectivity index (χ3n) is 3.26. The zero-order chi connectivity index (χ0) is 13.4. The average molecular weight is 254 g/mol. The average Bonchev–Trinajstić information content (AvgIpc) is 2.59. The minimum atomic E-state index is -0.418. The Morgan fingerprint density at radius 3 is 2.95 bits per heavy atom. The van der Waals surface area contributed by atoms with Crippen molar-refractivity contribution >= 4 is 28.8 Å². The maximum atomic E-state index is 12.1. The van der Waals surface area contributed by atoms with Crippen molar-refractivity contribution in [1.82, 2.24) is 4.98 Å². The summed E-state index contributed by atoms with van der Waals surface area (Å²) in [5.41, 5.74) is 14.1. The molecule has 0 unspecified atom stereocenters. The van der Waals surface area contributed by atoms with Crippen molar-refractivity contribution < 1.29 is 4.79 Å². The maximum absolute atomic E-state index is 12.1. The molecule has 0 saturated carbocycles. The number of hydrogen-bond acceptors (Lipinski definition) is 1. The summed E-state index contributed by atoms with van der Waals surface area (Å²) in [4.78, 5) is 18.8. The number of H-pyrrole nitrogens is 1. The minimum absolute atomic E-state index is 0.220. The van der Waals surface area contributed by atoms with Gasteiger partial charge >= 0.3 is 0 Å². The molecule has 5 N–H and O–H groups in total. The highest BCUT2D eigenvalue weighted by Gasteiger charge is 2.19. The van der Waals surface area contributed by atoms with Gasteiger partial charge in [-0.15, -0.1) is 0 Å². The van der Waals surface area contributed by atoms with Crippen LogP contribution in [0.2, 0.25) is 0 Å². The van der Waals surface area contributed by atoms with Crippen LogP contribution < -0.4 is 11.5 Å². The number of aryl methyl sites for hydroxylation is 1. The molecule has 1 aliphatic rings. The van der Waals surface area contributed by atoms with Crippen LogP contribution in [0.1, 0.15) is 28.0 Å². The fraction of sp³-hybridized carbons (Fsp3) is 0.143. The van der Waals surface area contributed by atoms with Crippen LogP contribution in [0.4, 0.5) is 0 Å². The van der Waals surface area contributed by atoms with Crippen molar-refractivity contribution in [3.8, 4) is 0 Å². The Bertz CT molecular complexity index is 720. The van der Waals surface area contributed by atoms with Gasteiger partial charge < -0.3 is 16.5 Å². The largest absolute Gasteiger partial charge is 0.370 e. The molecule has 0 fully saturated rings. The Labute approximate surface area is 110 Å². The minimum Gasteiger partial charge on any atom is -0.370 e. The summed E-state index contributed by atoms with van der Waals surface area (Å²) in [5, 5.41) is 1.09. The zero-order valence-corrected chi connectivity index (χ0v) is 10.3. The molecule has 0 bridgehead atoms. The fourth-order valence-electron chi connectivity index (χ4n) is 2.53. The van der Waals surface area contributed by atoms with Gasteiger partial charge in [-0.2, -0.15) is 4.99 Å². The second kappa shape index (κ2) is 4.28. The summed E-state index contributed by atoms with van der Waals surface area (Å²) in [7, 11) is 0. The number of aliphatic imine (C=N–C) groups is 1. The molecular weight excluding hydrogens is 240 g/mol. The van der Waals surface area contributed by atoms with E-state index in [9.17, 15) is 4.79 Å². The lowest BCUT2D eigenvalue weighted by atomic mass is 10.0. The van der Waals surface area contributed by atoms with Gasteiger partial charge in [-0.05, 0) is 30.0 Å². The molecule has 1 heterocycles. The van der Waals surface area contributed by atoms with Crippen LogP contribution in [0.15, 0.2) is 29.3 Å².